The number of piperidine rings is 1. The number of hydrogen-bond acceptors (Lipinski definition) is 4. The number of nitrogens with one attached hydrogen (secondary N) is 1. The Morgan fingerprint density at radius 2 is 1.50 bits per heavy atom. The summed E-state index contributed by atoms with van der Waals surface area (Å²) in [6.07, 6.45) is 9.11. The summed E-state index contributed by atoms with van der Waals surface area (Å²) >= 11 is 5.63. The van der Waals surface area contributed by atoms with E-state index < -0.39 is 0 Å². The summed E-state index contributed by atoms with van der Waals surface area (Å²) in [5.74, 6) is 0.749. The molecule has 0 aromatic heterocycles. The van der Waals surface area contributed by atoms with Gasteiger partial charge in [-0.1, -0.05) is 0 Å². The number of thioether (sulfide) groups is 3. The third-order valence-corrected chi connectivity index (χ3v) is 6.13. The molecule has 18 heavy (non-hydrogen) atoms. The lowest BCUT2D eigenvalue weighted by molar-refractivity contribution is 0.459. The van der Waals surface area contributed by atoms with Crippen molar-refractivity contribution < 1.29 is 0 Å². The van der Waals surface area contributed by atoms with Crippen LogP contribution in [0.15, 0.2) is 26.8 Å². The molecule has 0 bridgehead atoms. The Morgan fingerprint density at radius 3 is 1.94 bits per heavy atom. The zero-order chi connectivity index (χ0) is 13.0. The molecule has 0 atom stereocenters. The Morgan fingerprint density at radius 1 is 0.944 bits per heavy atom. The standard InChI is InChI=1S/C14H21NS3/c1-16-12-8-11(10-4-6-15-7-5-10)9-13(17-2)14(12)18-3/h8-10,15H,4-7H2,1-3H3. The van der Waals surface area contributed by atoms with Crippen molar-refractivity contribution in [1.82, 2.24) is 5.32 Å². The Bertz CT molecular complexity index is 375. The van der Waals surface area contributed by atoms with Gasteiger partial charge in [0.25, 0.3) is 0 Å². The number of benzene rings is 1. The van der Waals surface area contributed by atoms with Gasteiger partial charge in [-0.25, -0.2) is 0 Å². The van der Waals surface area contributed by atoms with Crippen LogP contribution in [0, 0.1) is 0 Å². The molecule has 0 radical (unpaired) electrons. The molecule has 0 amide bonds. The van der Waals surface area contributed by atoms with Crippen LogP contribution in [-0.4, -0.2) is 31.9 Å². The van der Waals surface area contributed by atoms with Gasteiger partial charge in [0.05, 0.1) is 0 Å². The van der Waals surface area contributed by atoms with E-state index in [0.29, 0.717) is 0 Å². The second-order valence-electron chi connectivity index (χ2n) is 4.48. The highest BCUT2D eigenvalue weighted by molar-refractivity contribution is 8.03. The van der Waals surface area contributed by atoms with Gasteiger partial charge in [-0.2, -0.15) is 0 Å². The first-order valence-electron chi connectivity index (χ1n) is 6.30. The molecular formula is C14H21NS3. The first-order chi connectivity index (χ1) is 8.80. The highest BCUT2D eigenvalue weighted by atomic mass is 32.2. The van der Waals surface area contributed by atoms with Crippen LogP contribution in [0.25, 0.3) is 0 Å². The summed E-state index contributed by atoms with van der Waals surface area (Å²) in [4.78, 5) is 4.35. The van der Waals surface area contributed by atoms with E-state index in [1.54, 1.807) is 5.56 Å². The molecule has 1 aliphatic heterocycles. The van der Waals surface area contributed by atoms with E-state index in [1.807, 2.05) is 35.3 Å². The Labute approximate surface area is 123 Å². The predicted octanol–water partition coefficient (Wildman–Crippen LogP) is 4.32. The molecule has 1 nitrogen and oxygen atoms in total. The average molecular weight is 300 g/mol. The van der Waals surface area contributed by atoms with Gasteiger partial charge in [-0.15, -0.1) is 35.3 Å². The lowest BCUT2D eigenvalue weighted by atomic mass is 9.90. The number of rotatable bonds is 4. The first-order valence-corrected chi connectivity index (χ1v) is 9.98. The van der Waals surface area contributed by atoms with E-state index in [-0.39, 0.29) is 0 Å². The summed E-state index contributed by atoms with van der Waals surface area (Å²) < 4.78 is 0. The van der Waals surface area contributed by atoms with Gasteiger partial charge in [0.2, 0.25) is 0 Å². The monoisotopic (exact) mass is 299 g/mol. The Balaban J connectivity index is 2.35. The molecule has 0 aliphatic carbocycles. The summed E-state index contributed by atoms with van der Waals surface area (Å²) in [5.41, 5.74) is 1.54. The second-order valence-corrected chi connectivity index (χ2v) is 7.00. The topological polar surface area (TPSA) is 12.0 Å². The quantitative estimate of drug-likeness (QED) is 0.831. The zero-order valence-electron chi connectivity index (χ0n) is 11.3. The number of hydrogen-bond donors (Lipinski definition) is 1. The van der Waals surface area contributed by atoms with Crippen molar-refractivity contribution in [2.75, 3.05) is 31.9 Å². The Hall–Kier alpha value is 0.230. The molecule has 0 spiro atoms. The van der Waals surface area contributed by atoms with E-state index in [1.165, 1.54) is 27.5 Å². The molecule has 1 N–H and O–H groups in total. The van der Waals surface area contributed by atoms with E-state index in [4.69, 9.17) is 0 Å². The van der Waals surface area contributed by atoms with Crippen molar-refractivity contribution in [1.29, 1.82) is 0 Å². The van der Waals surface area contributed by atoms with Gasteiger partial charge in [-0.3, -0.25) is 0 Å². The fourth-order valence-corrected chi connectivity index (χ4v) is 5.18. The van der Waals surface area contributed by atoms with Gasteiger partial charge in [0.15, 0.2) is 0 Å². The molecule has 2 rings (SSSR count). The van der Waals surface area contributed by atoms with E-state index >= 15 is 0 Å². The van der Waals surface area contributed by atoms with Crippen LogP contribution in [0.4, 0.5) is 0 Å². The smallest absolute Gasteiger partial charge is 0.0341 e. The third kappa shape index (κ3) is 3.21. The molecule has 1 aliphatic rings. The maximum atomic E-state index is 3.45. The van der Waals surface area contributed by atoms with Crippen LogP contribution in [0.1, 0.15) is 24.3 Å². The predicted molar refractivity (Wildman–Crippen MR) is 86.6 cm³/mol. The molecule has 1 aromatic rings. The van der Waals surface area contributed by atoms with Gasteiger partial charge in [-0.05, 0) is 68.3 Å². The minimum atomic E-state index is 0.749. The highest BCUT2D eigenvalue weighted by Crippen LogP contribution is 2.40. The Kier molecular flexibility index (Phi) is 5.80. The van der Waals surface area contributed by atoms with Crippen LogP contribution in [0.2, 0.25) is 0 Å². The van der Waals surface area contributed by atoms with Crippen molar-refractivity contribution in [3.63, 3.8) is 0 Å². The van der Waals surface area contributed by atoms with E-state index in [2.05, 4.69) is 36.2 Å². The van der Waals surface area contributed by atoms with Crippen molar-refractivity contribution in [3.8, 4) is 0 Å². The van der Waals surface area contributed by atoms with Crippen LogP contribution in [0.3, 0.4) is 0 Å². The van der Waals surface area contributed by atoms with Gasteiger partial charge < -0.3 is 5.32 Å². The van der Waals surface area contributed by atoms with Crippen LogP contribution in [-0.2, 0) is 0 Å². The van der Waals surface area contributed by atoms with Crippen molar-refractivity contribution >= 4 is 35.3 Å². The third-order valence-electron chi connectivity index (χ3n) is 3.50. The summed E-state index contributed by atoms with van der Waals surface area (Å²) in [6.45, 7) is 2.33. The second kappa shape index (κ2) is 7.13. The maximum absolute atomic E-state index is 3.45. The SMILES string of the molecule is CSc1cc(C2CCNCC2)cc(SC)c1SC. The molecular weight excluding hydrogens is 278 g/mol. The maximum Gasteiger partial charge on any atom is 0.0341 e. The lowest BCUT2D eigenvalue weighted by Crippen LogP contribution is -2.26. The molecule has 1 aromatic carbocycles. The highest BCUT2D eigenvalue weighted by Gasteiger charge is 2.18. The molecule has 0 saturated carbocycles. The minimum absolute atomic E-state index is 0.749. The van der Waals surface area contributed by atoms with E-state index in [9.17, 15) is 0 Å². The van der Waals surface area contributed by atoms with Crippen molar-refractivity contribution in [2.45, 2.75) is 33.4 Å². The van der Waals surface area contributed by atoms with Crippen LogP contribution < -0.4 is 5.32 Å². The summed E-state index contributed by atoms with van der Waals surface area (Å²) in [6, 6.07) is 4.85. The first kappa shape index (κ1) is 14.6. The molecule has 1 saturated heterocycles. The molecule has 4 heteroatoms. The fraction of sp³-hybridized carbons (Fsp3) is 0.571. The molecule has 100 valence electrons. The molecule has 1 fully saturated rings. The van der Waals surface area contributed by atoms with Gasteiger partial charge in [0.1, 0.15) is 0 Å². The van der Waals surface area contributed by atoms with Gasteiger partial charge >= 0.3 is 0 Å². The fourth-order valence-electron chi connectivity index (χ4n) is 2.49. The van der Waals surface area contributed by atoms with Crippen molar-refractivity contribution in [3.05, 3.63) is 17.7 Å². The van der Waals surface area contributed by atoms with E-state index in [0.717, 1.165) is 19.0 Å². The normalized spacial score (nSPS) is 17.1. The zero-order valence-corrected chi connectivity index (χ0v) is 13.7. The van der Waals surface area contributed by atoms with Gasteiger partial charge in [0, 0.05) is 14.7 Å². The van der Waals surface area contributed by atoms with Crippen LogP contribution in [0.5, 0.6) is 0 Å². The lowest BCUT2D eigenvalue weighted by Gasteiger charge is -2.24. The average Bonchev–Trinajstić information content (AvgIpc) is 2.46. The van der Waals surface area contributed by atoms with Crippen LogP contribution >= 0.6 is 35.3 Å². The molecule has 0 unspecified atom stereocenters. The molecule has 1 heterocycles. The largest absolute Gasteiger partial charge is 0.317 e. The summed E-state index contributed by atoms with van der Waals surface area (Å²) in [7, 11) is 0. The summed E-state index contributed by atoms with van der Waals surface area (Å²) in [5, 5.41) is 3.45. The minimum Gasteiger partial charge on any atom is -0.317 e. The van der Waals surface area contributed by atoms with Crippen molar-refractivity contribution in [2.24, 2.45) is 0 Å².